The van der Waals surface area contributed by atoms with Crippen LogP contribution in [0.3, 0.4) is 0 Å². The van der Waals surface area contributed by atoms with E-state index in [1.807, 2.05) is 0 Å². The van der Waals surface area contributed by atoms with Crippen LogP contribution in [0.2, 0.25) is 0 Å². The molecule has 268 valence electrons. The molecule has 2 aliphatic heterocycles. The molecule has 0 spiro atoms. The lowest BCUT2D eigenvalue weighted by molar-refractivity contribution is 0.0981. The fourth-order valence-electron chi connectivity index (χ4n) is 6.77. The lowest BCUT2D eigenvalue weighted by Crippen LogP contribution is -2.52. The summed E-state index contributed by atoms with van der Waals surface area (Å²) >= 11 is 0. The highest BCUT2D eigenvalue weighted by Gasteiger charge is 2.29. The van der Waals surface area contributed by atoms with Gasteiger partial charge in [-0.05, 0) is 56.0 Å². The first-order valence-electron chi connectivity index (χ1n) is 17.3. The van der Waals surface area contributed by atoms with Crippen LogP contribution in [0.25, 0.3) is 11.0 Å². The van der Waals surface area contributed by atoms with Crippen LogP contribution < -0.4 is 24.6 Å². The summed E-state index contributed by atoms with van der Waals surface area (Å²) in [7, 11) is 1.71. The Morgan fingerprint density at radius 2 is 1.70 bits per heavy atom. The minimum atomic E-state index is -3.62. The number of rotatable bonds is 11. The maximum atomic E-state index is 12.7. The molecule has 0 saturated carbocycles. The lowest BCUT2D eigenvalue weighted by Gasteiger charge is -2.42. The third-order valence-electron chi connectivity index (χ3n) is 9.80. The zero-order valence-electron chi connectivity index (χ0n) is 30.1. The van der Waals surface area contributed by atoms with Crippen LogP contribution in [-0.2, 0) is 16.4 Å². The number of aromatic nitrogens is 5. The summed E-state index contributed by atoms with van der Waals surface area (Å²) in [6, 6.07) is 6.30. The lowest BCUT2D eigenvalue weighted by atomic mass is 10.0. The van der Waals surface area contributed by atoms with Gasteiger partial charge in [-0.15, -0.1) is 0 Å². The van der Waals surface area contributed by atoms with E-state index in [0.29, 0.717) is 51.8 Å². The molecule has 4 aromatic rings. The van der Waals surface area contributed by atoms with Crippen molar-refractivity contribution < 1.29 is 13.2 Å². The van der Waals surface area contributed by atoms with E-state index in [1.165, 1.54) is 11.4 Å². The molecule has 2 fully saturated rings. The van der Waals surface area contributed by atoms with Gasteiger partial charge >= 0.3 is 0 Å². The van der Waals surface area contributed by atoms with Gasteiger partial charge in [0.15, 0.2) is 0 Å². The number of ether oxygens (including phenoxy) is 1. The Bertz CT molecular complexity index is 1930. The molecule has 14 nitrogen and oxygen atoms in total. The van der Waals surface area contributed by atoms with E-state index in [-0.39, 0.29) is 5.92 Å². The Morgan fingerprint density at radius 1 is 0.980 bits per heavy atom. The molecule has 50 heavy (non-hydrogen) atoms. The summed E-state index contributed by atoms with van der Waals surface area (Å²) in [6.07, 6.45) is 9.11. The number of nitrogens with zero attached hydrogens (tertiary/aromatic N) is 9. The molecule has 0 aliphatic carbocycles. The number of piperazine rings is 1. The number of hydrogen-bond acceptors (Lipinski definition) is 13. The highest BCUT2D eigenvalue weighted by Crippen LogP contribution is 2.38. The number of hydrogen-bond donors (Lipinski definition) is 2. The van der Waals surface area contributed by atoms with Gasteiger partial charge in [0.25, 0.3) is 0 Å². The normalized spacial score (nSPS) is 16.6. The number of aryl methyl sites for hydroxylation is 1. The quantitative estimate of drug-likeness (QED) is 0.225. The molecule has 6 rings (SSSR count). The number of likely N-dealkylation sites (N-methyl/N-ethyl adjacent to an activating group) is 1. The Balaban J connectivity index is 1.28. The van der Waals surface area contributed by atoms with Crippen molar-refractivity contribution in [3.63, 3.8) is 0 Å². The number of piperidine rings is 1. The molecule has 1 aromatic carbocycles. The van der Waals surface area contributed by atoms with Crippen LogP contribution in [-0.4, -0.2) is 116 Å². The maximum Gasteiger partial charge on any atom is 0.239 e. The largest absolute Gasteiger partial charge is 0.479 e. The van der Waals surface area contributed by atoms with Crippen molar-refractivity contribution in [2.45, 2.75) is 52.0 Å². The zero-order valence-corrected chi connectivity index (χ0v) is 31.0. The zero-order chi connectivity index (χ0) is 35.6. The van der Waals surface area contributed by atoms with Crippen LogP contribution in [0, 0.1) is 0 Å². The van der Waals surface area contributed by atoms with E-state index in [1.54, 1.807) is 37.8 Å². The third kappa shape index (κ3) is 7.54. The monoisotopic (exact) mass is 703 g/mol. The first-order chi connectivity index (χ1) is 24.0. The van der Waals surface area contributed by atoms with Gasteiger partial charge in [-0.2, -0.15) is 9.97 Å². The van der Waals surface area contributed by atoms with Gasteiger partial charge in [0.2, 0.25) is 21.9 Å². The Labute approximate surface area is 295 Å². The van der Waals surface area contributed by atoms with E-state index in [2.05, 4.69) is 74.2 Å². The maximum absolute atomic E-state index is 12.7. The number of methoxy groups -OCH3 is 1. The fraction of sp³-hybridized carbons (Fsp3) is 0.514. The molecular weight excluding hydrogens is 655 g/mol. The van der Waals surface area contributed by atoms with Crippen molar-refractivity contribution in [3.05, 3.63) is 47.9 Å². The van der Waals surface area contributed by atoms with Crippen molar-refractivity contribution >= 4 is 55.7 Å². The standard InChI is InChI=1S/C35H49N11O3S/c1-8-24-21-29(34(49-6)42-33(24)46-15-11-25(12-16-46)45-19-17-43(4)18-20-45)40-35-38-22-26(23(2)3)32(41-35)39-28-10-9-27-30(37-14-13-36-27)31(28)44(5)50(7,47)48/h9-10,13-14,21-23,25H,8,11-12,15-20H2,1-7H3,(H2,38,39,40,41). The van der Waals surface area contributed by atoms with E-state index < -0.39 is 10.0 Å². The Hall–Kier alpha value is -4.34. The number of benzene rings is 1. The van der Waals surface area contributed by atoms with Gasteiger partial charge in [0, 0.05) is 76.5 Å². The van der Waals surface area contributed by atoms with Crippen LogP contribution in [0.4, 0.5) is 34.6 Å². The van der Waals surface area contributed by atoms with Gasteiger partial charge in [0.05, 0.1) is 24.6 Å². The van der Waals surface area contributed by atoms with Crippen molar-refractivity contribution in [2.75, 3.05) is 86.6 Å². The van der Waals surface area contributed by atoms with Gasteiger partial charge in [-0.1, -0.05) is 20.8 Å². The molecule has 15 heteroatoms. The number of sulfonamides is 1. The predicted molar refractivity (Wildman–Crippen MR) is 200 cm³/mol. The molecule has 2 saturated heterocycles. The van der Waals surface area contributed by atoms with E-state index in [9.17, 15) is 8.42 Å². The van der Waals surface area contributed by atoms with Crippen molar-refractivity contribution in [1.82, 2.24) is 34.7 Å². The van der Waals surface area contributed by atoms with Crippen molar-refractivity contribution in [1.29, 1.82) is 0 Å². The molecule has 0 bridgehead atoms. The second-order valence-corrected chi connectivity index (χ2v) is 15.5. The fourth-order valence-corrected chi connectivity index (χ4v) is 7.28. The summed E-state index contributed by atoms with van der Waals surface area (Å²) < 4.78 is 32.5. The average Bonchev–Trinajstić information content (AvgIpc) is 3.11. The molecule has 0 atom stereocenters. The molecule has 0 radical (unpaired) electrons. The summed E-state index contributed by atoms with van der Waals surface area (Å²) in [5.74, 6) is 2.39. The number of pyridine rings is 1. The van der Waals surface area contributed by atoms with Gasteiger partial charge < -0.3 is 25.2 Å². The van der Waals surface area contributed by atoms with Gasteiger partial charge in [0.1, 0.15) is 28.5 Å². The van der Waals surface area contributed by atoms with Crippen LogP contribution >= 0.6 is 0 Å². The molecule has 5 heterocycles. The number of anilines is 6. The Morgan fingerprint density at radius 3 is 2.36 bits per heavy atom. The summed E-state index contributed by atoms with van der Waals surface area (Å²) in [6.45, 7) is 12.7. The van der Waals surface area contributed by atoms with Gasteiger partial charge in [-0.25, -0.2) is 13.4 Å². The van der Waals surface area contributed by atoms with Crippen LogP contribution in [0.15, 0.2) is 36.8 Å². The smallest absolute Gasteiger partial charge is 0.239 e. The average molecular weight is 704 g/mol. The summed E-state index contributed by atoms with van der Waals surface area (Å²) in [5.41, 5.74) is 4.57. The predicted octanol–water partition coefficient (Wildman–Crippen LogP) is 4.61. The SMILES string of the molecule is CCc1cc(Nc2ncc(C(C)C)c(Nc3ccc4nccnc4c3N(C)S(C)(=O)=O)n2)c(OC)nc1N1CCC(N2CCN(C)CC2)CC1. The van der Waals surface area contributed by atoms with Crippen molar-refractivity contribution in [3.8, 4) is 5.88 Å². The summed E-state index contributed by atoms with van der Waals surface area (Å²) in [4.78, 5) is 30.9. The van der Waals surface area contributed by atoms with E-state index >= 15 is 0 Å². The summed E-state index contributed by atoms with van der Waals surface area (Å²) in [5, 5.41) is 6.76. The molecular formula is C35H49N11O3S. The van der Waals surface area contributed by atoms with Crippen molar-refractivity contribution in [2.24, 2.45) is 0 Å². The van der Waals surface area contributed by atoms with E-state index in [0.717, 1.165) is 81.7 Å². The minimum absolute atomic E-state index is 0.0745. The highest BCUT2D eigenvalue weighted by atomic mass is 32.2. The third-order valence-corrected chi connectivity index (χ3v) is 11.0. The molecule has 2 N–H and O–H groups in total. The first-order valence-corrected chi connectivity index (χ1v) is 19.2. The number of fused-ring (bicyclic) bond motifs is 1. The Kier molecular flexibility index (Phi) is 10.6. The molecule has 3 aromatic heterocycles. The number of nitrogens with one attached hydrogen (secondary N) is 2. The van der Waals surface area contributed by atoms with Crippen LogP contribution in [0.1, 0.15) is 50.7 Å². The first kappa shape index (κ1) is 35.5. The van der Waals surface area contributed by atoms with Gasteiger partial charge in [-0.3, -0.25) is 19.2 Å². The molecule has 2 aliphatic rings. The second kappa shape index (κ2) is 14.9. The van der Waals surface area contributed by atoms with Crippen LogP contribution in [0.5, 0.6) is 5.88 Å². The highest BCUT2D eigenvalue weighted by molar-refractivity contribution is 7.92. The van der Waals surface area contributed by atoms with E-state index in [4.69, 9.17) is 14.7 Å². The second-order valence-electron chi connectivity index (χ2n) is 13.5. The molecule has 0 amide bonds. The topological polar surface area (TPSA) is 145 Å². The minimum Gasteiger partial charge on any atom is -0.479 e. The molecule has 0 unspecified atom stereocenters.